The number of nitrogens with zero attached hydrogens (tertiary/aromatic N) is 5. The fraction of sp³-hybridized carbons (Fsp3) is 0.562. The Morgan fingerprint density at radius 3 is 2.84 bits per heavy atom. The minimum Gasteiger partial charge on any atom is -0.443 e. The van der Waals surface area contributed by atoms with Crippen molar-refractivity contribution >= 4 is 11.8 Å². The quantitative estimate of drug-likeness (QED) is 0.861. The number of carbonyl (C=O) groups is 2. The Balaban J connectivity index is 1.86. The zero-order valence-corrected chi connectivity index (χ0v) is 14.5. The van der Waals surface area contributed by atoms with Crippen LogP contribution in [-0.2, 0) is 9.59 Å². The molecule has 2 amide bonds. The highest BCUT2D eigenvalue weighted by molar-refractivity contribution is 5.89. The summed E-state index contributed by atoms with van der Waals surface area (Å²) < 4.78 is 6.75. The maximum atomic E-state index is 13.1. The minimum atomic E-state index is -0.540. The van der Waals surface area contributed by atoms with Gasteiger partial charge in [-0.25, -0.2) is 9.67 Å². The maximum absolute atomic E-state index is 13.1. The van der Waals surface area contributed by atoms with Crippen molar-refractivity contribution in [2.24, 2.45) is 5.92 Å². The number of likely N-dealkylation sites (N-methyl/N-ethyl adjacent to an activating group) is 1. The van der Waals surface area contributed by atoms with E-state index in [1.54, 1.807) is 18.1 Å². The molecule has 0 bridgehead atoms. The number of likely N-dealkylation sites (tertiary alicyclic amines) is 1. The van der Waals surface area contributed by atoms with E-state index in [0.29, 0.717) is 24.6 Å². The molecule has 2 aromatic rings. The molecule has 0 radical (unpaired) electrons. The van der Waals surface area contributed by atoms with Gasteiger partial charge in [0.2, 0.25) is 17.7 Å². The smallest absolute Gasteiger partial charge is 0.248 e. The molecule has 9 nitrogen and oxygen atoms in total. The first-order chi connectivity index (χ1) is 12.0. The molecule has 134 valence electrons. The van der Waals surface area contributed by atoms with Crippen LogP contribution in [0, 0.1) is 5.92 Å². The molecule has 25 heavy (non-hydrogen) atoms. The van der Waals surface area contributed by atoms with E-state index in [4.69, 9.17) is 4.42 Å². The molecule has 1 saturated heterocycles. The van der Waals surface area contributed by atoms with Crippen LogP contribution in [0.25, 0.3) is 11.6 Å². The SMILES string of the molecule is CNC(=O)[C@@H]1CCCN1C(=O)[C@H](C(C)C)n1cc(-c2ncco2)nn1. The van der Waals surface area contributed by atoms with Crippen molar-refractivity contribution in [1.29, 1.82) is 0 Å². The summed E-state index contributed by atoms with van der Waals surface area (Å²) in [5.41, 5.74) is 0.465. The predicted molar refractivity (Wildman–Crippen MR) is 88.2 cm³/mol. The van der Waals surface area contributed by atoms with Gasteiger partial charge in [-0.05, 0) is 18.8 Å². The summed E-state index contributed by atoms with van der Waals surface area (Å²) in [5.74, 6) is 0.0838. The zero-order chi connectivity index (χ0) is 18.0. The molecule has 1 fully saturated rings. The van der Waals surface area contributed by atoms with Gasteiger partial charge < -0.3 is 14.6 Å². The fourth-order valence-corrected chi connectivity index (χ4v) is 3.20. The van der Waals surface area contributed by atoms with Crippen LogP contribution >= 0.6 is 0 Å². The lowest BCUT2D eigenvalue weighted by atomic mass is 10.0. The molecule has 0 spiro atoms. The Morgan fingerprint density at radius 2 is 2.20 bits per heavy atom. The molecule has 0 saturated carbocycles. The average molecular weight is 346 g/mol. The second-order valence-electron chi connectivity index (χ2n) is 6.41. The van der Waals surface area contributed by atoms with Gasteiger partial charge in [-0.3, -0.25) is 9.59 Å². The second-order valence-corrected chi connectivity index (χ2v) is 6.41. The van der Waals surface area contributed by atoms with Crippen molar-refractivity contribution in [2.45, 2.75) is 38.8 Å². The predicted octanol–water partition coefficient (Wildman–Crippen LogP) is 0.867. The first kappa shape index (κ1) is 17.1. The molecule has 0 unspecified atom stereocenters. The topological polar surface area (TPSA) is 106 Å². The lowest BCUT2D eigenvalue weighted by Gasteiger charge is -2.29. The zero-order valence-electron chi connectivity index (χ0n) is 14.5. The molecule has 1 aliphatic heterocycles. The Bertz CT molecular complexity index is 739. The summed E-state index contributed by atoms with van der Waals surface area (Å²) >= 11 is 0. The molecule has 2 aromatic heterocycles. The van der Waals surface area contributed by atoms with Crippen molar-refractivity contribution in [3.8, 4) is 11.6 Å². The Hall–Kier alpha value is -2.71. The highest BCUT2D eigenvalue weighted by Crippen LogP contribution is 2.27. The van der Waals surface area contributed by atoms with E-state index in [0.717, 1.165) is 6.42 Å². The summed E-state index contributed by atoms with van der Waals surface area (Å²) in [6, 6.07) is -0.963. The average Bonchev–Trinajstić information content (AvgIpc) is 3.32. The number of hydrogen-bond donors (Lipinski definition) is 1. The number of hydrogen-bond acceptors (Lipinski definition) is 6. The highest BCUT2D eigenvalue weighted by Gasteiger charge is 2.39. The van der Waals surface area contributed by atoms with Crippen LogP contribution in [0.1, 0.15) is 32.7 Å². The lowest BCUT2D eigenvalue weighted by Crippen LogP contribution is -2.48. The fourth-order valence-electron chi connectivity index (χ4n) is 3.20. The molecule has 2 atom stereocenters. The molecule has 1 N–H and O–H groups in total. The first-order valence-corrected chi connectivity index (χ1v) is 8.36. The van der Waals surface area contributed by atoms with Gasteiger partial charge in [0.05, 0.1) is 12.4 Å². The molecular weight excluding hydrogens is 324 g/mol. The van der Waals surface area contributed by atoms with Gasteiger partial charge >= 0.3 is 0 Å². The third-order valence-corrected chi connectivity index (χ3v) is 4.42. The molecule has 1 aliphatic rings. The monoisotopic (exact) mass is 346 g/mol. The number of nitrogens with one attached hydrogen (secondary N) is 1. The summed E-state index contributed by atoms with van der Waals surface area (Å²) in [5, 5.41) is 10.8. The lowest BCUT2D eigenvalue weighted by molar-refractivity contribution is -0.142. The van der Waals surface area contributed by atoms with Gasteiger partial charge in [-0.15, -0.1) is 5.10 Å². The van der Waals surface area contributed by atoms with E-state index >= 15 is 0 Å². The number of amides is 2. The van der Waals surface area contributed by atoms with Gasteiger partial charge in [-0.1, -0.05) is 19.1 Å². The van der Waals surface area contributed by atoms with E-state index in [1.165, 1.54) is 17.1 Å². The summed E-state index contributed by atoms with van der Waals surface area (Å²) in [4.78, 5) is 30.9. The number of rotatable bonds is 5. The van der Waals surface area contributed by atoms with E-state index < -0.39 is 12.1 Å². The van der Waals surface area contributed by atoms with Gasteiger partial charge in [-0.2, -0.15) is 0 Å². The molecular formula is C16H22N6O3. The number of aromatic nitrogens is 4. The summed E-state index contributed by atoms with van der Waals surface area (Å²) in [6.45, 7) is 4.46. The summed E-state index contributed by atoms with van der Waals surface area (Å²) in [7, 11) is 1.59. The second kappa shape index (κ2) is 7.04. The van der Waals surface area contributed by atoms with Crippen LogP contribution in [0.3, 0.4) is 0 Å². The molecule has 9 heteroatoms. The molecule has 3 heterocycles. The van der Waals surface area contributed by atoms with Crippen LogP contribution < -0.4 is 5.32 Å². The van der Waals surface area contributed by atoms with Gasteiger partial charge in [0.25, 0.3) is 0 Å². The maximum Gasteiger partial charge on any atom is 0.248 e. The molecule has 0 aromatic carbocycles. The summed E-state index contributed by atoms with van der Waals surface area (Å²) in [6.07, 6.45) is 6.12. The van der Waals surface area contributed by atoms with E-state index in [9.17, 15) is 9.59 Å². The van der Waals surface area contributed by atoms with E-state index in [2.05, 4.69) is 20.6 Å². The van der Waals surface area contributed by atoms with Crippen molar-refractivity contribution in [3.05, 3.63) is 18.7 Å². The van der Waals surface area contributed by atoms with E-state index in [1.807, 2.05) is 13.8 Å². The first-order valence-electron chi connectivity index (χ1n) is 8.36. The van der Waals surface area contributed by atoms with Crippen molar-refractivity contribution in [1.82, 2.24) is 30.2 Å². The van der Waals surface area contributed by atoms with Crippen LogP contribution in [-0.4, -0.2) is 56.3 Å². The standard InChI is InChI=1S/C16H22N6O3/c1-10(2)13(16(24)21-7-4-5-12(21)14(23)17-3)22-9-11(19-20-22)15-18-6-8-25-15/h6,8-10,12-13H,4-5,7H2,1-3H3,(H,17,23)/t12-,13-/m0/s1. The van der Waals surface area contributed by atoms with Gasteiger partial charge in [0, 0.05) is 13.6 Å². The van der Waals surface area contributed by atoms with Crippen LogP contribution in [0.4, 0.5) is 0 Å². The Kier molecular flexibility index (Phi) is 4.82. The third-order valence-electron chi connectivity index (χ3n) is 4.42. The van der Waals surface area contributed by atoms with Crippen molar-refractivity contribution in [3.63, 3.8) is 0 Å². The van der Waals surface area contributed by atoms with Gasteiger partial charge in [0.1, 0.15) is 18.3 Å². The Morgan fingerprint density at radius 1 is 1.40 bits per heavy atom. The number of oxazole rings is 1. The van der Waals surface area contributed by atoms with Gasteiger partial charge in [0.15, 0.2) is 5.69 Å². The molecule has 3 rings (SSSR count). The Labute approximate surface area is 145 Å². The number of carbonyl (C=O) groups excluding carboxylic acids is 2. The van der Waals surface area contributed by atoms with Crippen molar-refractivity contribution < 1.29 is 14.0 Å². The third kappa shape index (κ3) is 3.26. The highest BCUT2D eigenvalue weighted by atomic mass is 16.3. The molecule has 0 aliphatic carbocycles. The van der Waals surface area contributed by atoms with Crippen molar-refractivity contribution in [2.75, 3.05) is 13.6 Å². The van der Waals surface area contributed by atoms with Crippen LogP contribution in [0.5, 0.6) is 0 Å². The largest absolute Gasteiger partial charge is 0.443 e. The van der Waals surface area contributed by atoms with Crippen LogP contribution in [0.2, 0.25) is 0 Å². The minimum absolute atomic E-state index is 0.0162. The normalized spacial score (nSPS) is 18.6. The van der Waals surface area contributed by atoms with E-state index in [-0.39, 0.29) is 17.7 Å². The van der Waals surface area contributed by atoms with Crippen LogP contribution in [0.15, 0.2) is 23.1 Å².